The van der Waals surface area contributed by atoms with E-state index in [-0.39, 0.29) is 0 Å². The van der Waals surface area contributed by atoms with E-state index in [1.807, 2.05) is 0 Å². The molecule has 0 unspecified atom stereocenters. The van der Waals surface area contributed by atoms with Gasteiger partial charge in [0, 0.05) is 42.5 Å². The first kappa shape index (κ1) is 20.3. The second-order valence-electron chi connectivity index (χ2n) is 8.72. The molecule has 3 aromatic carbocycles. The number of hydrogen-bond acceptors (Lipinski definition) is 1. The van der Waals surface area contributed by atoms with Crippen LogP contribution in [-0.4, -0.2) is 14.1 Å². The molecule has 1 aromatic heterocycles. The van der Waals surface area contributed by atoms with Crippen LogP contribution in [0.5, 0.6) is 0 Å². The van der Waals surface area contributed by atoms with Gasteiger partial charge in [0.05, 0.1) is 0 Å². The summed E-state index contributed by atoms with van der Waals surface area (Å²) in [5.41, 5.74) is 11.8. The quantitative estimate of drug-likeness (QED) is 0.349. The first-order valence-corrected chi connectivity index (χ1v) is 11.3. The van der Waals surface area contributed by atoms with Crippen LogP contribution in [0.2, 0.25) is 0 Å². The second kappa shape index (κ2) is 8.47. The van der Waals surface area contributed by atoms with Crippen LogP contribution in [0, 0.1) is 0 Å². The van der Waals surface area contributed by atoms with Crippen molar-refractivity contribution in [3.63, 3.8) is 0 Å². The molecule has 0 amide bonds. The molecule has 0 bridgehead atoms. The van der Waals surface area contributed by atoms with Gasteiger partial charge in [-0.3, -0.25) is 0 Å². The van der Waals surface area contributed by atoms with E-state index in [2.05, 4.69) is 128 Å². The first-order valence-electron chi connectivity index (χ1n) is 11.3. The van der Waals surface area contributed by atoms with Crippen molar-refractivity contribution in [1.82, 2.24) is 0 Å². The Labute approximate surface area is 191 Å². The molecule has 4 aromatic rings. The standard InChI is InChI=1S/C30H29N2/c1-31(2)26-17-14-22(15-18-26)20-25-16-19-27-28(25)21-29(23-10-6-4-7-11-23)32(3)30(27)24-12-8-5-9-13-24/h4-15,17-18,20-21H,16,19H2,1-3H3/q+1. The molecule has 32 heavy (non-hydrogen) atoms. The SMILES string of the molecule is CN(C)c1ccc(/C=C2/CCc3c2cc(-c2ccccc2)[n+](C)c3-c2ccccc2)cc1. The molecule has 0 atom stereocenters. The van der Waals surface area contributed by atoms with Crippen molar-refractivity contribution in [1.29, 1.82) is 0 Å². The van der Waals surface area contributed by atoms with E-state index in [1.54, 1.807) is 0 Å². The summed E-state index contributed by atoms with van der Waals surface area (Å²) in [6.45, 7) is 0. The summed E-state index contributed by atoms with van der Waals surface area (Å²) in [6.07, 6.45) is 4.52. The zero-order chi connectivity index (χ0) is 22.1. The third-order valence-corrected chi connectivity index (χ3v) is 6.45. The van der Waals surface area contributed by atoms with E-state index in [1.165, 1.54) is 50.5 Å². The van der Waals surface area contributed by atoms with E-state index in [0.717, 1.165) is 12.8 Å². The van der Waals surface area contributed by atoms with Crippen LogP contribution in [0.15, 0.2) is 91.0 Å². The van der Waals surface area contributed by atoms with Crippen LogP contribution in [0.1, 0.15) is 23.1 Å². The average molecular weight is 418 g/mol. The minimum Gasteiger partial charge on any atom is -0.378 e. The van der Waals surface area contributed by atoms with Gasteiger partial charge in [-0.15, -0.1) is 0 Å². The van der Waals surface area contributed by atoms with Crippen molar-refractivity contribution in [2.75, 3.05) is 19.0 Å². The van der Waals surface area contributed by atoms with E-state index in [0.29, 0.717) is 0 Å². The Kier molecular flexibility index (Phi) is 5.36. The van der Waals surface area contributed by atoms with Crippen LogP contribution in [0.3, 0.4) is 0 Å². The van der Waals surface area contributed by atoms with Gasteiger partial charge in [-0.25, -0.2) is 0 Å². The van der Waals surface area contributed by atoms with Crippen molar-refractivity contribution in [2.45, 2.75) is 12.8 Å². The average Bonchev–Trinajstić information content (AvgIpc) is 3.22. The smallest absolute Gasteiger partial charge is 0.216 e. The number of anilines is 1. The molecule has 0 spiro atoms. The molecule has 158 valence electrons. The maximum Gasteiger partial charge on any atom is 0.216 e. The van der Waals surface area contributed by atoms with Crippen LogP contribution in [0.4, 0.5) is 5.69 Å². The molecule has 1 aliphatic carbocycles. The van der Waals surface area contributed by atoms with Crippen molar-refractivity contribution in [3.8, 4) is 22.5 Å². The minimum absolute atomic E-state index is 1.07. The molecule has 5 rings (SSSR count). The molecule has 0 saturated heterocycles. The van der Waals surface area contributed by atoms with E-state index < -0.39 is 0 Å². The molecule has 0 aliphatic heterocycles. The number of allylic oxidation sites excluding steroid dienone is 1. The lowest BCUT2D eigenvalue weighted by atomic mass is 9.97. The van der Waals surface area contributed by atoms with Crippen LogP contribution in [0.25, 0.3) is 34.2 Å². The summed E-state index contributed by atoms with van der Waals surface area (Å²) >= 11 is 0. The van der Waals surface area contributed by atoms with Crippen molar-refractivity contribution >= 4 is 17.3 Å². The van der Waals surface area contributed by atoms with Crippen molar-refractivity contribution in [3.05, 3.63) is 108 Å². The Morgan fingerprint density at radius 3 is 2.00 bits per heavy atom. The molecule has 2 heteroatoms. The first-order chi connectivity index (χ1) is 15.6. The highest BCUT2D eigenvalue weighted by Crippen LogP contribution is 2.39. The molecule has 0 N–H and O–H groups in total. The molecule has 1 aliphatic rings. The fourth-order valence-electron chi connectivity index (χ4n) is 4.77. The Morgan fingerprint density at radius 1 is 0.750 bits per heavy atom. The highest BCUT2D eigenvalue weighted by molar-refractivity contribution is 5.89. The summed E-state index contributed by atoms with van der Waals surface area (Å²) in [4.78, 5) is 2.14. The lowest BCUT2D eigenvalue weighted by Crippen LogP contribution is -2.35. The minimum atomic E-state index is 1.07. The summed E-state index contributed by atoms with van der Waals surface area (Å²) < 4.78 is 2.37. The van der Waals surface area contributed by atoms with E-state index in [4.69, 9.17) is 0 Å². The van der Waals surface area contributed by atoms with Gasteiger partial charge in [-0.1, -0.05) is 54.6 Å². The van der Waals surface area contributed by atoms with Crippen LogP contribution < -0.4 is 9.47 Å². The zero-order valence-electron chi connectivity index (χ0n) is 19.0. The Bertz CT molecular complexity index is 1270. The molecule has 2 nitrogen and oxygen atoms in total. The maximum atomic E-state index is 2.39. The number of nitrogens with zero attached hydrogens (tertiary/aromatic N) is 2. The summed E-state index contributed by atoms with van der Waals surface area (Å²) in [5.74, 6) is 0. The van der Waals surface area contributed by atoms with Gasteiger partial charge in [-0.2, -0.15) is 4.57 Å². The zero-order valence-corrected chi connectivity index (χ0v) is 19.0. The highest BCUT2D eigenvalue weighted by atomic mass is 15.1. The third kappa shape index (κ3) is 3.73. The molecular weight excluding hydrogens is 388 g/mol. The van der Waals surface area contributed by atoms with Crippen molar-refractivity contribution in [2.24, 2.45) is 7.05 Å². The van der Waals surface area contributed by atoms with Gasteiger partial charge in [-0.05, 0) is 65.9 Å². The number of hydrogen-bond donors (Lipinski definition) is 0. The molecule has 0 radical (unpaired) electrons. The Balaban J connectivity index is 1.68. The van der Waals surface area contributed by atoms with Gasteiger partial charge >= 0.3 is 0 Å². The normalized spacial score (nSPS) is 13.9. The number of benzene rings is 3. The van der Waals surface area contributed by atoms with Gasteiger partial charge in [0.1, 0.15) is 7.05 Å². The lowest BCUT2D eigenvalue weighted by molar-refractivity contribution is -0.649. The molecule has 0 saturated carbocycles. The topological polar surface area (TPSA) is 7.12 Å². The van der Waals surface area contributed by atoms with Gasteiger partial charge < -0.3 is 4.90 Å². The molecule has 1 heterocycles. The fraction of sp³-hybridized carbons (Fsp3) is 0.167. The number of pyridine rings is 1. The van der Waals surface area contributed by atoms with Crippen LogP contribution in [-0.2, 0) is 13.5 Å². The number of rotatable bonds is 4. The van der Waals surface area contributed by atoms with Crippen LogP contribution >= 0.6 is 0 Å². The third-order valence-electron chi connectivity index (χ3n) is 6.45. The van der Waals surface area contributed by atoms with E-state index >= 15 is 0 Å². The summed E-state index contributed by atoms with van der Waals surface area (Å²) in [6, 6.07) is 32.8. The fourth-order valence-corrected chi connectivity index (χ4v) is 4.77. The number of aromatic nitrogens is 1. The van der Waals surface area contributed by atoms with E-state index in [9.17, 15) is 0 Å². The molecule has 0 fully saturated rings. The van der Waals surface area contributed by atoms with Crippen molar-refractivity contribution < 1.29 is 4.57 Å². The molecular formula is C30H29N2+. The van der Waals surface area contributed by atoms with Gasteiger partial charge in [0.15, 0.2) is 0 Å². The Hall–Kier alpha value is -3.65. The summed E-state index contributed by atoms with van der Waals surface area (Å²) in [5, 5.41) is 0. The number of fused-ring (bicyclic) bond motifs is 1. The van der Waals surface area contributed by atoms with Gasteiger partial charge in [0.2, 0.25) is 11.4 Å². The maximum absolute atomic E-state index is 2.39. The largest absolute Gasteiger partial charge is 0.378 e. The Morgan fingerprint density at radius 2 is 1.38 bits per heavy atom. The predicted octanol–water partition coefficient (Wildman–Crippen LogP) is 6.40. The predicted molar refractivity (Wildman–Crippen MR) is 135 cm³/mol. The second-order valence-corrected chi connectivity index (χ2v) is 8.72. The lowest BCUT2D eigenvalue weighted by Gasteiger charge is -2.13. The van der Waals surface area contributed by atoms with Gasteiger partial charge in [0.25, 0.3) is 0 Å². The highest BCUT2D eigenvalue weighted by Gasteiger charge is 2.29. The monoisotopic (exact) mass is 417 g/mol. The summed E-state index contributed by atoms with van der Waals surface area (Å²) in [7, 11) is 6.36.